The van der Waals surface area contributed by atoms with Crippen LogP contribution >= 0.6 is 0 Å². The third kappa shape index (κ3) is 4.42. The maximum atomic E-state index is 11.8. The predicted octanol–water partition coefficient (Wildman–Crippen LogP) is 2.06. The number of carbonyl (C=O) groups is 1. The number of hydrogen-bond donors (Lipinski definition) is 2. The van der Waals surface area contributed by atoms with Crippen molar-refractivity contribution in [1.82, 2.24) is 10.5 Å². The van der Waals surface area contributed by atoms with Crippen molar-refractivity contribution in [3.63, 3.8) is 0 Å². The van der Waals surface area contributed by atoms with Crippen molar-refractivity contribution in [2.24, 2.45) is 0 Å². The van der Waals surface area contributed by atoms with Crippen molar-refractivity contribution >= 4 is 5.91 Å². The van der Waals surface area contributed by atoms with Crippen molar-refractivity contribution < 1.29 is 14.4 Å². The standard InChI is InChI=1S/C15H18N2O3/c1-11(2-3-12-4-6-14(18)7-5-12)16-15(19)10-13-8-9-20-17-13/h4-9,11,18H,2-3,10H2,1H3,(H,16,19)/t11-/m0/s1. The Labute approximate surface area is 117 Å². The molecule has 0 radical (unpaired) electrons. The van der Waals surface area contributed by atoms with Crippen LogP contribution in [0, 0.1) is 0 Å². The predicted molar refractivity (Wildman–Crippen MR) is 74.2 cm³/mol. The van der Waals surface area contributed by atoms with Gasteiger partial charge in [-0.05, 0) is 37.5 Å². The first-order chi connectivity index (χ1) is 9.63. The largest absolute Gasteiger partial charge is 0.508 e. The molecule has 5 heteroatoms. The van der Waals surface area contributed by atoms with Gasteiger partial charge in [-0.3, -0.25) is 4.79 Å². The van der Waals surface area contributed by atoms with Crippen molar-refractivity contribution in [3.8, 4) is 5.75 Å². The molecule has 1 heterocycles. The zero-order valence-corrected chi connectivity index (χ0v) is 11.4. The second-order valence-corrected chi connectivity index (χ2v) is 4.84. The van der Waals surface area contributed by atoms with Crippen LogP contribution in [0.5, 0.6) is 5.75 Å². The van der Waals surface area contributed by atoms with Gasteiger partial charge in [0.25, 0.3) is 0 Å². The summed E-state index contributed by atoms with van der Waals surface area (Å²) in [6.45, 7) is 1.97. The van der Waals surface area contributed by atoms with Crippen LogP contribution in [0.4, 0.5) is 0 Å². The van der Waals surface area contributed by atoms with Crippen molar-refractivity contribution in [2.75, 3.05) is 0 Å². The van der Waals surface area contributed by atoms with Crippen LogP contribution in [-0.4, -0.2) is 22.2 Å². The number of aryl methyl sites for hydroxylation is 1. The monoisotopic (exact) mass is 274 g/mol. The Hall–Kier alpha value is -2.30. The first kappa shape index (κ1) is 14.1. The van der Waals surface area contributed by atoms with Gasteiger partial charge in [-0.1, -0.05) is 17.3 Å². The van der Waals surface area contributed by atoms with Gasteiger partial charge in [0.2, 0.25) is 5.91 Å². The van der Waals surface area contributed by atoms with Crippen molar-refractivity contribution in [3.05, 3.63) is 47.9 Å². The molecule has 0 aliphatic rings. The second-order valence-electron chi connectivity index (χ2n) is 4.84. The van der Waals surface area contributed by atoms with E-state index in [0.29, 0.717) is 5.69 Å². The molecule has 1 amide bonds. The van der Waals surface area contributed by atoms with E-state index in [1.807, 2.05) is 19.1 Å². The van der Waals surface area contributed by atoms with Crippen LogP contribution in [0.2, 0.25) is 0 Å². The van der Waals surface area contributed by atoms with Crippen molar-refractivity contribution in [1.29, 1.82) is 0 Å². The first-order valence-corrected chi connectivity index (χ1v) is 6.60. The fourth-order valence-corrected chi connectivity index (χ4v) is 1.94. The summed E-state index contributed by atoms with van der Waals surface area (Å²) < 4.78 is 4.68. The minimum Gasteiger partial charge on any atom is -0.508 e. The van der Waals surface area contributed by atoms with Gasteiger partial charge in [0.15, 0.2) is 0 Å². The number of benzene rings is 1. The van der Waals surface area contributed by atoms with Gasteiger partial charge in [0.1, 0.15) is 12.0 Å². The highest BCUT2D eigenvalue weighted by atomic mass is 16.5. The van der Waals surface area contributed by atoms with E-state index in [9.17, 15) is 9.90 Å². The Morgan fingerprint density at radius 1 is 1.35 bits per heavy atom. The molecule has 0 aliphatic heterocycles. The molecule has 5 nitrogen and oxygen atoms in total. The third-order valence-electron chi connectivity index (χ3n) is 3.04. The molecular formula is C15H18N2O3. The number of aromatic nitrogens is 1. The molecule has 2 rings (SSSR count). The minimum absolute atomic E-state index is 0.0582. The van der Waals surface area contributed by atoms with Crippen LogP contribution in [0.1, 0.15) is 24.6 Å². The maximum Gasteiger partial charge on any atom is 0.226 e. The Balaban J connectivity index is 1.73. The SMILES string of the molecule is C[C@@H](CCc1ccc(O)cc1)NC(=O)Cc1ccon1. The fourth-order valence-electron chi connectivity index (χ4n) is 1.94. The molecule has 0 aliphatic carbocycles. The molecule has 1 aromatic carbocycles. The lowest BCUT2D eigenvalue weighted by Crippen LogP contribution is -2.34. The zero-order valence-electron chi connectivity index (χ0n) is 11.4. The number of amides is 1. The second kappa shape index (κ2) is 6.75. The molecule has 106 valence electrons. The van der Waals surface area contributed by atoms with Gasteiger partial charge in [-0.25, -0.2) is 0 Å². The molecule has 0 spiro atoms. The third-order valence-corrected chi connectivity index (χ3v) is 3.04. The lowest BCUT2D eigenvalue weighted by Gasteiger charge is -2.13. The van der Waals surface area contributed by atoms with Crippen LogP contribution in [0.3, 0.4) is 0 Å². The molecule has 1 atom stereocenters. The van der Waals surface area contributed by atoms with Gasteiger partial charge >= 0.3 is 0 Å². The van der Waals surface area contributed by atoms with Gasteiger partial charge in [-0.15, -0.1) is 0 Å². The van der Waals surface area contributed by atoms with E-state index in [-0.39, 0.29) is 24.1 Å². The Morgan fingerprint density at radius 3 is 2.75 bits per heavy atom. The maximum absolute atomic E-state index is 11.8. The van der Waals surface area contributed by atoms with Gasteiger partial charge < -0.3 is 14.9 Å². The van der Waals surface area contributed by atoms with E-state index in [1.165, 1.54) is 6.26 Å². The average Bonchev–Trinajstić information content (AvgIpc) is 2.90. The summed E-state index contributed by atoms with van der Waals surface area (Å²) in [6, 6.07) is 8.88. The van der Waals surface area contributed by atoms with Crippen LogP contribution in [-0.2, 0) is 17.6 Å². The lowest BCUT2D eigenvalue weighted by atomic mass is 10.1. The van der Waals surface area contributed by atoms with Gasteiger partial charge in [0.05, 0.1) is 12.1 Å². The Morgan fingerprint density at radius 2 is 2.10 bits per heavy atom. The molecule has 2 N–H and O–H groups in total. The normalized spacial score (nSPS) is 12.1. The highest BCUT2D eigenvalue weighted by Gasteiger charge is 2.10. The summed E-state index contributed by atoms with van der Waals surface area (Å²) in [4.78, 5) is 11.8. The van der Waals surface area contributed by atoms with E-state index < -0.39 is 0 Å². The number of phenolic OH excluding ortho intramolecular Hbond substituents is 1. The molecule has 0 bridgehead atoms. The van der Waals surface area contributed by atoms with Crippen molar-refractivity contribution in [2.45, 2.75) is 32.2 Å². The van der Waals surface area contributed by atoms with E-state index in [0.717, 1.165) is 18.4 Å². The number of nitrogens with zero attached hydrogens (tertiary/aromatic N) is 1. The molecule has 0 unspecified atom stereocenters. The minimum atomic E-state index is -0.0582. The van der Waals surface area contributed by atoms with E-state index >= 15 is 0 Å². The number of phenols is 1. The van der Waals surface area contributed by atoms with Gasteiger partial charge in [0, 0.05) is 12.1 Å². The van der Waals surface area contributed by atoms with E-state index in [1.54, 1.807) is 18.2 Å². The Kier molecular flexibility index (Phi) is 4.76. The number of aromatic hydroxyl groups is 1. The number of rotatable bonds is 6. The van der Waals surface area contributed by atoms with Crippen LogP contribution < -0.4 is 5.32 Å². The molecule has 0 saturated heterocycles. The molecule has 20 heavy (non-hydrogen) atoms. The Bertz CT molecular complexity index is 535. The average molecular weight is 274 g/mol. The summed E-state index contributed by atoms with van der Waals surface area (Å²) in [5, 5.41) is 15.8. The van der Waals surface area contributed by atoms with Crippen LogP contribution in [0.15, 0.2) is 41.1 Å². The van der Waals surface area contributed by atoms with Crippen LogP contribution in [0.25, 0.3) is 0 Å². The molecule has 2 aromatic rings. The molecular weight excluding hydrogens is 256 g/mol. The van der Waals surface area contributed by atoms with E-state index in [2.05, 4.69) is 15.0 Å². The summed E-state index contributed by atoms with van der Waals surface area (Å²) in [6.07, 6.45) is 3.39. The lowest BCUT2D eigenvalue weighted by molar-refractivity contribution is -0.121. The first-order valence-electron chi connectivity index (χ1n) is 6.60. The number of carbonyl (C=O) groups excluding carboxylic acids is 1. The quantitative estimate of drug-likeness (QED) is 0.845. The number of hydrogen-bond acceptors (Lipinski definition) is 4. The highest BCUT2D eigenvalue weighted by molar-refractivity contribution is 5.78. The smallest absolute Gasteiger partial charge is 0.226 e. The molecule has 0 fully saturated rings. The highest BCUT2D eigenvalue weighted by Crippen LogP contribution is 2.12. The summed E-state index contributed by atoms with van der Waals surface area (Å²) >= 11 is 0. The molecule has 1 aromatic heterocycles. The molecule has 0 saturated carbocycles. The summed E-state index contributed by atoms with van der Waals surface area (Å²) in [5.74, 6) is 0.208. The number of nitrogens with one attached hydrogen (secondary N) is 1. The zero-order chi connectivity index (χ0) is 14.4. The fraction of sp³-hybridized carbons (Fsp3) is 0.333. The van der Waals surface area contributed by atoms with Gasteiger partial charge in [-0.2, -0.15) is 0 Å². The van der Waals surface area contributed by atoms with E-state index in [4.69, 9.17) is 0 Å². The topological polar surface area (TPSA) is 75.4 Å². The summed E-state index contributed by atoms with van der Waals surface area (Å²) in [7, 11) is 0. The summed E-state index contributed by atoms with van der Waals surface area (Å²) in [5.41, 5.74) is 1.77.